The van der Waals surface area contributed by atoms with Gasteiger partial charge in [-0.15, -0.1) is 0 Å². The van der Waals surface area contributed by atoms with E-state index in [0.29, 0.717) is 0 Å². The van der Waals surface area contributed by atoms with Crippen LogP contribution in [0.1, 0.15) is 31.2 Å². The molecule has 3 heteroatoms. The molecular weight excluding hydrogens is 466 g/mol. The predicted octanol–water partition coefficient (Wildman–Crippen LogP) is 4.29. The second-order valence-electron chi connectivity index (χ2n) is 4.59. The fourth-order valence-corrected chi connectivity index (χ4v) is 4.38. The Balaban J connectivity index is 2.22. The molecule has 1 aliphatic rings. The van der Waals surface area contributed by atoms with E-state index in [1.54, 1.807) is 5.57 Å². The summed E-state index contributed by atoms with van der Waals surface area (Å²) in [6.07, 6.45) is 9.98. The van der Waals surface area contributed by atoms with Crippen LogP contribution < -0.4 is 0 Å². The monoisotopic (exact) mass is 479 g/mol. The summed E-state index contributed by atoms with van der Waals surface area (Å²) < 4.78 is 3.57. The number of aromatic nitrogens is 1. The zero-order valence-electron chi connectivity index (χ0n) is 9.62. The molecule has 0 saturated carbocycles. The molecule has 1 nitrogen and oxygen atoms in total. The number of nitrogens with zero attached hydrogens (tertiary/aromatic N) is 1. The van der Waals surface area contributed by atoms with Crippen molar-refractivity contribution in [3.63, 3.8) is 0 Å². The van der Waals surface area contributed by atoms with E-state index in [-0.39, 0.29) is 0 Å². The number of benzene rings is 1. The van der Waals surface area contributed by atoms with Gasteiger partial charge in [0.25, 0.3) is 0 Å². The molecule has 0 spiro atoms. The van der Waals surface area contributed by atoms with Crippen molar-refractivity contribution < 1.29 is 0 Å². The van der Waals surface area contributed by atoms with Gasteiger partial charge < -0.3 is 0 Å². The van der Waals surface area contributed by atoms with Crippen LogP contribution in [-0.4, -0.2) is 28.4 Å². The van der Waals surface area contributed by atoms with Crippen molar-refractivity contribution in [1.82, 2.24) is 2.38 Å². The van der Waals surface area contributed by atoms with Crippen LogP contribution in [0, 0.1) is 0 Å². The number of allylic oxidation sites excluding steroid dienone is 2. The van der Waals surface area contributed by atoms with Gasteiger partial charge in [0, 0.05) is 0 Å². The Hall–Kier alpha value is -0.0979. The number of fused-ring (bicyclic) bond motifs is 1. The van der Waals surface area contributed by atoms with Crippen LogP contribution in [0.2, 0.25) is 0 Å². The number of hydrogen-bond donors (Lipinski definition) is 0. The summed E-state index contributed by atoms with van der Waals surface area (Å²) in [6.45, 7) is 0. The maximum atomic E-state index is 3.58. The number of halogens is 1. The van der Waals surface area contributed by atoms with Crippen molar-refractivity contribution in [3.05, 3.63) is 40.5 Å². The van der Waals surface area contributed by atoms with E-state index < -0.39 is 0 Å². The van der Waals surface area contributed by atoms with E-state index in [1.807, 2.05) is 0 Å². The molecule has 17 heavy (non-hydrogen) atoms. The zero-order valence-corrected chi connectivity index (χ0v) is 15.7. The quantitative estimate of drug-likeness (QED) is 0.538. The van der Waals surface area contributed by atoms with Crippen LogP contribution in [0.15, 0.2) is 34.9 Å². The van der Waals surface area contributed by atoms with Crippen LogP contribution in [0.5, 0.6) is 0 Å². The summed E-state index contributed by atoms with van der Waals surface area (Å²) in [5.41, 5.74) is 4.40. The Morgan fingerprint density at radius 2 is 2.12 bits per heavy atom. The predicted molar refractivity (Wildman–Crippen MR) is 77.2 cm³/mol. The summed E-state index contributed by atoms with van der Waals surface area (Å²) >= 11 is 4.42. The third-order valence-corrected chi connectivity index (χ3v) is 5.59. The van der Waals surface area contributed by atoms with Gasteiger partial charge in [0.15, 0.2) is 0 Å². The molecule has 1 aromatic carbocycles. The second-order valence-corrected chi connectivity index (χ2v) is 7.67. The van der Waals surface area contributed by atoms with Gasteiger partial charge >= 0.3 is 127 Å². The van der Waals surface area contributed by atoms with Gasteiger partial charge in [-0.2, -0.15) is 0 Å². The normalized spacial score (nSPS) is 16.1. The standard InChI is InChI=1S/C14H13BrN.Tl/c15-11-6-7-14-12(8-11)13(9-16-14)10-4-2-1-3-5-10;/h4,6-9H,1-3,5H2;/q-1;+1. The maximum absolute atomic E-state index is 3.58. The molecule has 0 bridgehead atoms. The summed E-state index contributed by atoms with van der Waals surface area (Å²) in [5, 5.41) is 1.41. The van der Waals surface area contributed by atoms with Crippen molar-refractivity contribution in [1.29, 1.82) is 0 Å². The molecule has 0 amide bonds. The minimum atomic E-state index is 0.835. The molecule has 3 rings (SSSR count). The zero-order chi connectivity index (χ0) is 11.8. The Morgan fingerprint density at radius 1 is 1.24 bits per heavy atom. The van der Waals surface area contributed by atoms with Crippen molar-refractivity contribution in [2.75, 3.05) is 0 Å². The Bertz CT molecular complexity index is 598. The van der Waals surface area contributed by atoms with E-state index in [9.17, 15) is 0 Å². The molecule has 0 unspecified atom stereocenters. The molecule has 1 aliphatic carbocycles. The van der Waals surface area contributed by atoms with Crippen LogP contribution in [0.4, 0.5) is 0 Å². The Morgan fingerprint density at radius 3 is 2.88 bits per heavy atom. The first-order chi connectivity index (χ1) is 8.25. The first-order valence-corrected chi connectivity index (χ1v) is 8.81. The topological polar surface area (TPSA) is 4.93 Å². The number of hydrogen-bond acceptors (Lipinski definition) is 0. The summed E-state index contributed by atoms with van der Waals surface area (Å²) in [4.78, 5) is 0. The van der Waals surface area contributed by atoms with Crippen LogP contribution in [0.3, 0.4) is 0 Å². The van der Waals surface area contributed by atoms with E-state index in [0.717, 1.165) is 26.1 Å². The van der Waals surface area contributed by atoms with Gasteiger partial charge in [-0.05, 0) is 0 Å². The molecule has 0 N–H and O–H groups in total. The van der Waals surface area contributed by atoms with Gasteiger partial charge in [0.2, 0.25) is 0 Å². The fraction of sp³-hybridized carbons (Fsp3) is 0.286. The van der Waals surface area contributed by atoms with E-state index in [1.165, 1.54) is 46.6 Å². The van der Waals surface area contributed by atoms with Gasteiger partial charge in [-0.3, -0.25) is 0 Å². The molecule has 0 aliphatic heterocycles. The van der Waals surface area contributed by atoms with Gasteiger partial charge in [-0.25, -0.2) is 0 Å². The van der Waals surface area contributed by atoms with E-state index >= 15 is 0 Å². The van der Waals surface area contributed by atoms with Crippen LogP contribution in [-0.2, 0) is 0 Å². The first kappa shape index (κ1) is 12.0. The molecule has 2 aromatic rings. The Kier molecular flexibility index (Phi) is 3.43. The first-order valence-electron chi connectivity index (χ1n) is 6.01. The Labute approximate surface area is 126 Å². The third kappa shape index (κ3) is 2.26. The average molecular weight is 480 g/mol. The van der Waals surface area contributed by atoms with Crippen molar-refractivity contribution in [2.45, 2.75) is 25.7 Å². The molecule has 0 radical (unpaired) electrons. The van der Waals surface area contributed by atoms with E-state index in [2.05, 4.69) is 48.8 Å². The van der Waals surface area contributed by atoms with Crippen molar-refractivity contribution in [3.8, 4) is 0 Å². The third-order valence-electron chi connectivity index (χ3n) is 3.43. The van der Waals surface area contributed by atoms with Crippen LogP contribution in [0.25, 0.3) is 16.5 Å². The molecular formula is C14H13BrNTl. The SMILES string of the molecule is Brc1ccc2c(c1)c(C1=CCCCC1)c[n]2[Tl]. The molecule has 84 valence electrons. The second kappa shape index (κ2) is 4.88. The van der Waals surface area contributed by atoms with Gasteiger partial charge in [0.05, 0.1) is 0 Å². The molecule has 0 fully saturated rings. The molecule has 1 aromatic heterocycles. The molecule has 0 saturated heterocycles. The summed E-state index contributed by atoms with van der Waals surface area (Å²) in [7, 11) is 0. The van der Waals surface area contributed by atoms with Crippen molar-refractivity contribution in [2.24, 2.45) is 0 Å². The average Bonchev–Trinajstić information content (AvgIpc) is 2.67. The minimum absolute atomic E-state index is 0.835. The molecule has 0 atom stereocenters. The molecule has 1 heterocycles. The summed E-state index contributed by atoms with van der Waals surface area (Å²) in [6, 6.07) is 6.63. The van der Waals surface area contributed by atoms with E-state index in [4.69, 9.17) is 0 Å². The van der Waals surface area contributed by atoms with Crippen molar-refractivity contribution >= 4 is 58.5 Å². The van der Waals surface area contributed by atoms with Crippen LogP contribution >= 0.6 is 15.9 Å². The van der Waals surface area contributed by atoms with Gasteiger partial charge in [0.1, 0.15) is 0 Å². The number of rotatable bonds is 1. The fourth-order valence-electron chi connectivity index (χ4n) is 2.57. The summed E-state index contributed by atoms with van der Waals surface area (Å²) in [5.74, 6) is 0. The van der Waals surface area contributed by atoms with Gasteiger partial charge in [-0.1, -0.05) is 0 Å².